The average Bonchev–Trinajstić information content (AvgIpc) is 2.72. The van der Waals surface area contributed by atoms with Gasteiger partial charge >= 0.3 is 0 Å². The van der Waals surface area contributed by atoms with Gasteiger partial charge in [0.2, 0.25) is 0 Å². The van der Waals surface area contributed by atoms with Crippen LogP contribution in [-0.2, 0) is 13.6 Å². The first kappa shape index (κ1) is 16.4. The van der Waals surface area contributed by atoms with Crippen molar-refractivity contribution in [1.29, 1.82) is 0 Å². The molecule has 0 spiro atoms. The molecule has 5 nitrogen and oxygen atoms in total. The number of aromatic nitrogens is 3. The van der Waals surface area contributed by atoms with Crippen molar-refractivity contribution in [2.24, 2.45) is 17.9 Å². The summed E-state index contributed by atoms with van der Waals surface area (Å²) in [6.07, 6.45) is 2.02. The molecular weight excluding hydrogens is 262 g/mol. The van der Waals surface area contributed by atoms with Crippen LogP contribution < -0.4 is 5.32 Å². The molecule has 21 heavy (non-hydrogen) atoms. The van der Waals surface area contributed by atoms with E-state index in [1.807, 2.05) is 13.2 Å². The Bertz CT molecular complexity index is 466. The van der Waals surface area contributed by atoms with Crippen molar-refractivity contribution in [2.75, 3.05) is 13.1 Å². The molecule has 0 aromatic carbocycles. The van der Waals surface area contributed by atoms with Gasteiger partial charge in [-0.3, -0.25) is 9.58 Å². The van der Waals surface area contributed by atoms with E-state index in [0.29, 0.717) is 12.1 Å². The lowest BCUT2D eigenvalue weighted by Crippen LogP contribution is -2.63. The molecule has 0 radical (unpaired) electrons. The molecule has 1 aliphatic heterocycles. The number of nitrogens with one attached hydrogen (secondary N) is 1. The second-order valence-electron chi connectivity index (χ2n) is 8.52. The molecule has 0 aliphatic carbocycles. The van der Waals surface area contributed by atoms with E-state index in [1.54, 1.807) is 4.68 Å². The van der Waals surface area contributed by atoms with Gasteiger partial charge in [0.15, 0.2) is 0 Å². The molecular formula is C16H31N5. The number of rotatable bonds is 2. The molecule has 2 atom stereocenters. The SMILES string of the molecule is Cn1cc(CN2CC(C(C)(C)C)NCC2C(C)(C)C)nn1. The summed E-state index contributed by atoms with van der Waals surface area (Å²) in [6.45, 7) is 16.9. The zero-order chi connectivity index (χ0) is 15.8. The smallest absolute Gasteiger partial charge is 0.0967 e. The highest BCUT2D eigenvalue weighted by Gasteiger charge is 2.39. The Kier molecular flexibility index (Phi) is 4.45. The quantitative estimate of drug-likeness (QED) is 0.906. The summed E-state index contributed by atoms with van der Waals surface area (Å²) in [5.41, 5.74) is 1.57. The molecule has 1 aromatic heterocycles. The third-order valence-electron chi connectivity index (χ3n) is 4.48. The van der Waals surface area contributed by atoms with Gasteiger partial charge in [-0.05, 0) is 10.8 Å². The zero-order valence-electron chi connectivity index (χ0n) is 14.6. The normalized spacial score (nSPS) is 25.3. The van der Waals surface area contributed by atoms with E-state index in [-0.39, 0.29) is 10.8 Å². The molecule has 0 amide bonds. The van der Waals surface area contributed by atoms with Gasteiger partial charge in [-0.1, -0.05) is 46.8 Å². The van der Waals surface area contributed by atoms with E-state index < -0.39 is 0 Å². The summed E-state index contributed by atoms with van der Waals surface area (Å²) in [6, 6.07) is 1.02. The van der Waals surface area contributed by atoms with Crippen LogP contribution in [-0.4, -0.2) is 45.1 Å². The molecule has 1 aromatic rings. The first-order valence-corrected chi connectivity index (χ1v) is 7.90. The van der Waals surface area contributed by atoms with Gasteiger partial charge in [-0.2, -0.15) is 0 Å². The largest absolute Gasteiger partial charge is 0.311 e. The number of nitrogens with zero attached hydrogens (tertiary/aromatic N) is 4. The Hall–Kier alpha value is -0.940. The third-order valence-corrected chi connectivity index (χ3v) is 4.48. The maximum Gasteiger partial charge on any atom is 0.0967 e. The van der Waals surface area contributed by atoms with Crippen LogP contribution >= 0.6 is 0 Å². The number of aryl methyl sites for hydroxylation is 1. The molecule has 2 heterocycles. The van der Waals surface area contributed by atoms with Crippen molar-refractivity contribution in [2.45, 2.75) is 60.2 Å². The monoisotopic (exact) mass is 293 g/mol. The molecule has 2 unspecified atom stereocenters. The predicted octanol–water partition coefficient (Wildman–Crippen LogP) is 2.05. The highest BCUT2D eigenvalue weighted by molar-refractivity contribution is 5.00. The van der Waals surface area contributed by atoms with E-state index in [0.717, 1.165) is 25.3 Å². The predicted molar refractivity (Wildman–Crippen MR) is 85.9 cm³/mol. The van der Waals surface area contributed by atoms with Crippen LogP contribution in [0.2, 0.25) is 0 Å². The highest BCUT2D eigenvalue weighted by atomic mass is 15.4. The first-order valence-electron chi connectivity index (χ1n) is 7.90. The van der Waals surface area contributed by atoms with Gasteiger partial charge in [-0.25, -0.2) is 0 Å². The van der Waals surface area contributed by atoms with Crippen LogP contribution in [0.15, 0.2) is 6.20 Å². The van der Waals surface area contributed by atoms with Crippen LogP contribution in [0.1, 0.15) is 47.2 Å². The van der Waals surface area contributed by atoms with E-state index in [2.05, 4.69) is 62.1 Å². The maximum atomic E-state index is 4.26. The Morgan fingerprint density at radius 2 is 1.86 bits per heavy atom. The fourth-order valence-electron chi connectivity index (χ4n) is 3.09. The Morgan fingerprint density at radius 3 is 2.33 bits per heavy atom. The summed E-state index contributed by atoms with van der Waals surface area (Å²) in [4.78, 5) is 2.58. The van der Waals surface area contributed by atoms with Crippen molar-refractivity contribution in [1.82, 2.24) is 25.2 Å². The van der Waals surface area contributed by atoms with Crippen molar-refractivity contribution in [3.8, 4) is 0 Å². The summed E-state index contributed by atoms with van der Waals surface area (Å²) in [5.74, 6) is 0. The number of hydrogen-bond donors (Lipinski definition) is 1. The minimum absolute atomic E-state index is 0.248. The van der Waals surface area contributed by atoms with Gasteiger partial charge in [0.25, 0.3) is 0 Å². The van der Waals surface area contributed by atoms with E-state index >= 15 is 0 Å². The maximum absolute atomic E-state index is 4.26. The average molecular weight is 293 g/mol. The fourth-order valence-corrected chi connectivity index (χ4v) is 3.09. The van der Waals surface area contributed by atoms with E-state index in [4.69, 9.17) is 0 Å². The molecule has 1 N–H and O–H groups in total. The zero-order valence-corrected chi connectivity index (χ0v) is 14.6. The van der Waals surface area contributed by atoms with E-state index in [9.17, 15) is 0 Å². The van der Waals surface area contributed by atoms with Crippen LogP contribution in [0.5, 0.6) is 0 Å². The second kappa shape index (κ2) is 5.69. The number of hydrogen-bond acceptors (Lipinski definition) is 4. The van der Waals surface area contributed by atoms with Gasteiger partial charge in [-0.15, -0.1) is 5.10 Å². The Labute approximate surface area is 129 Å². The Balaban J connectivity index is 2.16. The molecule has 5 heteroatoms. The van der Waals surface area contributed by atoms with Crippen LogP contribution in [0.25, 0.3) is 0 Å². The summed E-state index contributed by atoms with van der Waals surface area (Å²) in [7, 11) is 1.92. The lowest BCUT2D eigenvalue weighted by Gasteiger charge is -2.49. The van der Waals surface area contributed by atoms with Gasteiger partial charge in [0.05, 0.1) is 5.69 Å². The van der Waals surface area contributed by atoms with Crippen LogP contribution in [0.4, 0.5) is 0 Å². The summed E-state index contributed by atoms with van der Waals surface area (Å²) < 4.78 is 1.78. The van der Waals surface area contributed by atoms with Crippen LogP contribution in [0, 0.1) is 10.8 Å². The lowest BCUT2D eigenvalue weighted by atomic mass is 9.79. The van der Waals surface area contributed by atoms with Crippen molar-refractivity contribution in [3.63, 3.8) is 0 Å². The third kappa shape index (κ3) is 4.04. The molecule has 120 valence electrons. The Morgan fingerprint density at radius 1 is 1.19 bits per heavy atom. The fraction of sp³-hybridized carbons (Fsp3) is 0.875. The minimum atomic E-state index is 0.248. The highest BCUT2D eigenvalue weighted by Crippen LogP contribution is 2.31. The first-order chi connectivity index (χ1) is 9.57. The summed E-state index contributed by atoms with van der Waals surface area (Å²) in [5, 5.41) is 12.1. The van der Waals surface area contributed by atoms with Crippen molar-refractivity contribution in [3.05, 3.63) is 11.9 Å². The number of piperazine rings is 1. The molecule has 1 aliphatic rings. The lowest BCUT2D eigenvalue weighted by molar-refractivity contribution is 0.0240. The molecule has 0 saturated carbocycles. The second-order valence-corrected chi connectivity index (χ2v) is 8.52. The van der Waals surface area contributed by atoms with Crippen molar-refractivity contribution < 1.29 is 0 Å². The molecule has 1 fully saturated rings. The molecule has 0 bridgehead atoms. The molecule has 1 saturated heterocycles. The summed E-state index contributed by atoms with van der Waals surface area (Å²) >= 11 is 0. The van der Waals surface area contributed by atoms with Crippen molar-refractivity contribution >= 4 is 0 Å². The van der Waals surface area contributed by atoms with Gasteiger partial charge in [0, 0.05) is 45.0 Å². The van der Waals surface area contributed by atoms with Crippen LogP contribution in [0.3, 0.4) is 0 Å². The topological polar surface area (TPSA) is 46.0 Å². The van der Waals surface area contributed by atoms with E-state index in [1.165, 1.54) is 0 Å². The minimum Gasteiger partial charge on any atom is -0.311 e. The van der Waals surface area contributed by atoms with Gasteiger partial charge < -0.3 is 5.32 Å². The standard InChI is InChI=1S/C16H31N5/c1-15(2,3)13-11-21(10-12-9-20(7)19-18-12)14(8-17-13)16(4,5)6/h9,13-14,17H,8,10-11H2,1-7H3. The van der Waals surface area contributed by atoms with Gasteiger partial charge in [0.1, 0.15) is 0 Å². The molecule has 2 rings (SSSR count).